The van der Waals surface area contributed by atoms with E-state index in [0.717, 1.165) is 58.2 Å². The predicted octanol–water partition coefficient (Wildman–Crippen LogP) is 3.53. The second kappa shape index (κ2) is 6.18. The lowest BCUT2D eigenvalue weighted by molar-refractivity contribution is 0.690. The van der Waals surface area contributed by atoms with Gasteiger partial charge in [-0.3, -0.25) is 9.36 Å². The largest absolute Gasteiger partial charge is 0.291 e. The molecule has 0 radical (unpaired) electrons. The zero-order valence-corrected chi connectivity index (χ0v) is 17.9. The molecular weight excluding hydrogens is 416 g/mol. The summed E-state index contributed by atoms with van der Waals surface area (Å²) in [7, 11) is 0. The maximum absolute atomic E-state index is 13.3. The first-order valence-electron chi connectivity index (χ1n) is 10.4. The zero-order chi connectivity index (χ0) is 19.8. The van der Waals surface area contributed by atoms with Crippen LogP contribution in [0.15, 0.2) is 17.4 Å². The SMILES string of the molecule is O=c1c2c3c(sc2ncn1Cc1nc2c4c5c(sc4ncn2n1)CCC5)CCCC3. The van der Waals surface area contributed by atoms with Crippen LogP contribution in [0, 0.1) is 0 Å². The predicted molar refractivity (Wildman–Crippen MR) is 118 cm³/mol. The minimum Gasteiger partial charge on any atom is -0.291 e. The van der Waals surface area contributed by atoms with Crippen molar-refractivity contribution in [1.29, 1.82) is 0 Å². The van der Waals surface area contributed by atoms with Crippen molar-refractivity contribution in [3.8, 4) is 0 Å². The van der Waals surface area contributed by atoms with Crippen molar-refractivity contribution in [3.05, 3.63) is 49.7 Å². The van der Waals surface area contributed by atoms with Crippen LogP contribution < -0.4 is 5.56 Å². The maximum atomic E-state index is 13.3. The molecule has 5 aromatic rings. The second-order valence-electron chi connectivity index (χ2n) is 8.15. The van der Waals surface area contributed by atoms with Gasteiger partial charge in [-0.05, 0) is 56.1 Å². The average molecular weight is 435 g/mol. The van der Waals surface area contributed by atoms with Crippen LogP contribution in [0.1, 0.15) is 46.0 Å². The number of fused-ring (bicyclic) bond motifs is 8. The molecule has 150 valence electrons. The number of hydrogen-bond donors (Lipinski definition) is 0. The molecule has 7 rings (SSSR count). The molecular formula is C21H18N6OS2. The molecule has 0 N–H and O–H groups in total. The van der Waals surface area contributed by atoms with E-state index in [1.807, 2.05) is 0 Å². The fraction of sp³-hybridized carbons (Fsp3) is 0.381. The van der Waals surface area contributed by atoms with Crippen LogP contribution >= 0.6 is 22.7 Å². The minimum absolute atomic E-state index is 0.0259. The standard InChI is InChI=1S/C21H18N6OS2/c28-21-17-12-4-1-2-6-13(12)30-20(17)22-9-26(21)8-15-24-18-16-11-5-3-7-14(11)29-19(16)23-10-27(18)25-15/h9-10H,1-8H2. The molecule has 0 saturated carbocycles. The first-order chi connectivity index (χ1) is 14.8. The Morgan fingerprint density at radius 3 is 2.47 bits per heavy atom. The quantitative estimate of drug-likeness (QED) is 0.425. The van der Waals surface area contributed by atoms with Crippen LogP contribution in [0.3, 0.4) is 0 Å². The fourth-order valence-corrected chi connectivity index (χ4v) is 7.39. The van der Waals surface area contributed by atoms with Crippen LogP contribution in [0.25, 0.3) is 26.1 Å². The van der Waals surface area contributed by atoms with E-state index in [0.29, 0.717) is 12.4 Å². The Morgan fingerprint density at radius 1 is 0.867 bits per heavy atom. The molecule has 7 nitrogen and oxygen atoms in total. The van der Waals surface area contributed by atoms with Gasteiger partial charge in [0.25, 0.3) is 5.56 Å². The van der Waals surface area contributed by atoms with Crippen molar-refractivity contribution in [3.63, 3.8) is 0 Å². The number of aryl methyl sites for hydroxylation is 4. The third-order valence-electron chi connectivity index (χ3n) is 6.34. The molecule has 30 heavy (non-hydrogen) atoms. The van der Waals surface area contributed by atoms with Crippen LogP contribution in [0.2, 0.25) is 0 Å². The number of thiophene rings is 2. The van der Waals surface area contributed by atoms with E-state index in [9.17, 15) is 4.79 Å². The van der Waals surface area contributed by atoms with E-state index >= 15 is 0 Å². The smallest absolute Gasteiger partial charge is 0.262 e. The monoisotopic (exact) mass is 434 g/mol. The molecule has 5 heterocycles. The Balaban J connectivity index is 1.36. The second-order valence-corrected chi connectivity index (χ2v) is 10.3. The molecule has 0 amide bonds. The molecule has 0 aliphatic heterocycles. The van der Waals surface area contributed by atoms with Crippen molar-refractivity contribution in [1.82, 2.24) is 29.1 Å². The van der Waals surface area contributed by atoms with Crippen molar-refractivity contribution in [2.75, 3.05) is 0 Å². The molecule has 0 fully saturated rings. The Hall–Kier alpha value is -2.65. The minimum atomic E-state index is 0.0259. The maximum Gasteiger partial charge on any atom is 0.262 e. The lowest BCUT2D eigenvalue weighted by Crippen LogP contribution is -2.22. The molecule has 0 spiro atoms. The summed E-state index contributed by atoms with van der Waals surface area (Å²) in [6.07, 6.45) is 11.2. The van der Waals surface area contributed by atoms with Crippen LogP contribution in [-0.4, -0.2) is 29.1 Å². The van der Waals surface area contributed by atoms with E-state index in [1.165, 1.54) is 33.7 Å². The Bertz CT molecular complexity index is 1540. The van der Waals surface area contributed by atoms with Crippen molar-refractivity contribution in [2.45, 2.75) is 51.5 Å². The fourth-order valence-electron chi connectivity index (χ4n) is 4.95. The molecule has 0 atom stereocenters. The van der Waals surface area contributed by atoms with Gasteiger partial charge in [0.2, 0.25) is 0 Å². The van der Waals surface area contributed by atoms with Gasteiger partial charge in [-0.15, -0.1) is 27.8 Å². The number of rotatable bonds is 2. The van der Waals surface area contributed by atoms with Crippen molar-refractivity contribution in [2.24, 2.45) is 0 Å². The van der Waals surface area contributed by atoms with Gasteiger partial charge in [-0.1, -0.05) is 0 Å². The van der Waals surface area contributed by atoms with Gasteiger partial charge in [-0.2, -0.15) is 0 Å². The van der Waals surface area contributed by atoms with Gasteiger partial charge in [0, 0.05) is 9.75 Å². The van der Waals surface area contributed by atoms with Gasteiger partial charge in [0.05, 0.1) is 23.6 Å². The van der Waals surface area contributed by atoms with E-state index in [2.05, 4.69) is 15.1 Å². The molecule has 5 aromatic heterocycles. The normalized spacial score (nSPS) is 16.0. The number of aromatic nitrogens is 6. The molecule has 2 aliphatic carbocycles. The van der Waals surface area contributed by atoms with Crippen LogP contribution in [0.5, 0.6) is 0 Å². The van der Waals surface area contributed by atoms with Gasteiger partial charge in [0.15, 0.2) is 11.5 Å². The summed E-state index contributed by atoms with van der Waals surface area (Å²) in [5, 5.41) is 6.57. The van der Waals surface area contributed by atoms with E-state index in [4.69, 9.17) is 4.98 Å². The summed E-state index contributed by atoms with van der Waals surface area (Å²) >= 11 is 3.46. The van der Waals surface area contributed by atoms with E-state index < -0.39 is 0 Å². The average Bonchev–Trinajstić information content (AvgIpc) is 3.49. The summed E-state index contributed by atoms with van der Waals surface area (Å²) in [6, 6.07) is 0. The third-order valence-corrected chi connectivity index (χ3v) is 8.74. The number of nitrogens with zero attached hydrogens (tertiary/aromatic N) is 6. The van der Waals surface area contributed by atoms with E-state index in [-0.39, 0.29) is 5.56 Å². The zero-order valence-electron chi connectivity index (χ0n) is 16.2. The van der Waals surface area contributed by atoms with Gasteiger partial charge >= 0.3 is 0 Å². The summed E-state index contributed by atoms with van der Waals surface area (Å²) < 4.78 is 3.41. The lowest BCUT2D eigenvalue weighted by atomic mass is 9.97. The van der Waals surface area contributed by atoms with Gasteiger partial charge < -0.3 is 0 Å². The number of hydrogen-bond acceptors (Lipinski definition) is 7. The van der Waals surface area contributed by atoms with Crippen molar-refractivity contribution >= 4 is 48.8 Å². The Morgan fingerprint density at radius 2 is 1.57 bits per heavy atom. The highest BCUT2D eigenvalue weighted by Crippen LogP contribution is 2.38. The summed E-state index contributed by atoms with van der Waals surface area (Å²) in [6.45, 7) is 0.321. The summed E-state index contributed by atoms with van der Waals surface area (Å²) in [5.41, 5.74) is 3.48. The van der Waals surface area contributed by atoms with Crippen molar-refractivity contribution < 1.29 is 0 Å². The molecule has 0 saturated heterocycles. The van der Waals surface area contributed by atoms with Crippen LogP contribution in [0.4, 0.5) is 0 Å². The third kappa shape index (κ3) is 2.33. The molecule has 2 aliphatic rings. The summed E-state index contributed by atoms with van der Waals surface area (Å²) in [5.74, 6) is 0.620. The highest BCUT2D eigenvalue weighted by Gasteiger charge is 2.23. The van der Waals surface area contributed by atoms with Gasteiger partial charge in [0.1, 0.15) is 16.0 Å². The molecule has 0 unspecified atom stereocenters. The molecule has 0 aromatic carbocycles. The highest BCUT2D eigenvalue weighted by atomic mass is 32.1. The lowest BCUT2D eigenvalue weighted by Gasteiger charge is -2.10. The van der Waals surface area contributed by atoms with E-state index in [1.54, 1.807) is 44.4 Å². The van der Waals surface area contributed by atoms with Gasteiger partial charge in [-0.25, -0.2) is 19.5 Å². The highest BCUT2D eigenvalue weighted by molar-refractivity contribution is 7.19. The summed E-state index contributed by atoms with van der Waals surface area (Å²) in [4.78, 5) is 31.9. The molecule has 0 bridgehead atoms. The Labute approximate surface area is 179 Å². The van der Waals surface area contributed by atoms with Crippen LogP contribution in [-0.2, 0) is 32.2 Å². The first-order valence-corrected chi connectivity index (χ1v) is 12.0. The topological polar surface area (TPSA) is 78.0 Å². The molecule has 9 heteroatoms. The Kier molecular flexibility index (Phi) is 3.52. The first kappa shape index (κ1) is 17.1.